The van der Waals surface area contributed by atoms with E-state index >= 15 is 0 Å². The van der Waals surface area contributed by atoms with Crippen LogP contribution in [0.3, 0.4) is 0 Å². The van der Waals surface area contributed by atoms with Crippen LogP contribution in [0.1, 0.15) is 45.4 Å². The molecule has 5 rings (SSSR count). The number of hydrogen-bond donors (Lipinski definition) is 1. The lowest BCUT2D eigenvalue weighted by Crippen LogP contribution is -2.46. The van der Waals surface area contributed by atoms with E-state index in [4.69, 9.17) is 13.9 Å². The third-order valence-electron chi connectivity index (χ3n) is 6.31. The van der Waals surface area contributed by atoms with Crippen LogP contribution in [-0.2, 0) is 26.3 Å². The maximum atomic E-state index is 13.1. The van der Waals surface area contributed by atoms with Gasteiger partial charge in [0.05, 0.1) is 25.7 Å². The zero-order valence-electron chi connectivity index (χ0n) is 18.7. The SMILES string of the molecule is CCOC(=O)c1ccc2cc([C@]3(CN4Cc5ccc(OC)cc5C4=O)CC(=O)NC3=O)oc2c1. The summed E-state index contributed by atoms with van der Waals surface area (Å²) >= 11 is 0. The normalized spacial score (nSPS) is 19.5. The van der Waals surface area contributed by atoms with Gasteiger partial charge in [-0.1, -0.05) is 12.1 Å². The summed E-state index contributed by atoms with van der Waals surface area (Å²) in [6.07, 6.45) is -0.153. The molecule has 34 heavy (non-hydrogen) atoms. The van der Waals surface area contributed by atoms with E-state index in [0.29, 0.717) is 34.4 Å². The van der Waals surface area contributed by atoms with E-state index in [9.17, 15) is 19.2 Å². The molecule has 3 heterocycles. The number of esters is 1. The fourth-order valence-corrected chi connectivity index (χ4v) is 4.58. The molecule has 2 aliphatic rings. The molecule has 1 fully saturated rings. The van der Waals surface area contributed by atoms with E-state index in [1.54, 1.807) is 48.2 Å². The van der Waals surface area contributed by atoms with Crippen molar-refractivity contribution in [2.75, 3.05) is 20.3 Å². The molecule has 0 radical (unpaired) electrons. The molecule has 0 aliphatic carbocycles. The Bertz CT molecular complexity index is 1360. The van der Waals surface area contributed by atoms with E-state index in [2.05, 4.69) is 5.32 Å². The highest BCUT2D eigenvalue weighted by molar-refractivity contribution is 6.10. The van der Waals surface area contributed by atoms with Crippen molar-refractivity contribution in [1.82, 2.24) is 10.2 Å². The number of rotatable bonds is 6. The molecule has 1 atom stereocenters. The summed E-state index contributed by atoms with van der Waals surface area (Å²) in [5, 5.41) is 3.02. The van der Waals surface area contributed by atoms with Crippen molar-refractivity contribution in [1.29, 1.82) is 0 Å². The van der Waals surface area contributed by atoms with Gasteiger partial charge in [0.2, 0.25) is 11.8 Å². The zero-order chi connectivity index (χ0) is 24.0. The predicted molar refractivity (Wildman–Crippen MR) is 119 cm³/mol. The second-order valence-electron chi connectivity index (χ2n) is 8.40. The Hall–Kier alpha value is -4.14. The van der Waals surface area contributed by atoms with Gasteiger partial charge in [0.15, 0.2) is 0 Å². The molecule has 0 unspecified atom stereocenters. The topological polar surface area (TPSA) is 115 Å². The molecule has 2 aliphatic heterocycles. The van der Waals surface area contributed by atoms with Gasteiger partial charge in [-0.15, -0.1) is 0 Å². The lowest BCUT2D eigenvalue weighted by Gasteiger charge is -2.28. The van der Waals surface area contributed by atoms with Crippen LogP contribution in [0.25, 0.3) is 11.0 Å². The molecule has 9 heteroatoms. The van der Waals surface area contributed by atoms with Crippen LogP contribution < -0.4 is 10.1 Å². The van der Waals surface area contributed by atoms with E-state index in [-0.39, 0.29) is 31.2 Å². The first-order chi connectivity index (χ1) is 16.3. The lowest BCUT2D eigenvalue weighted by atomic mass is 9.82. The third kappa shape index (κ3) is 3.40. The van der Waals surface area contributed by atoms with Crippen molar-refractivity contribution in [3.05, 3.63) is 64.9 Å². The fourth-order valence-electron chi connectivity index (χ4n) is 4.58. The summed E-state index contributed by atoms with van der Waals surface area (Å²) in [5.74, 6) is -0.879. The van der Waals surface area contributed by atoms with Gasteiger partial charge >= 0.3 is 5.97 Å². The number of amides is 3. The zero-order valence-corrected chi connectivity index (χ0v) is 18.7. The van der Waals surface area contributed by atoms with Crippen LogP contribution in [0.5, 0.6) is 5.75 Å². The van der Waals surface area contributed by atoms with Crippen LogP contribution in [-0.4, -0.2) is 48.9 Å². The Morgan fingerprint density at radius 2 is 1.97 bits per heavy atom. The Morgan fingerprint density at radius 1 is 1.15 bits per heavy atom. The molecule has 2 aromatic carbocycles. The summed E-state index contributed by atoms with van der Waals surface area (Å²) in [4.78, 5) is 52.1. The first-order valence-electron chi connectivity index (χ1n) is 10.9. The molecule has 174 valence electrons. The Morgan fingerprint density at radius 3 is 2.68 bits per heavy atom. The molecule has 3 amide bonds. The monoisotopic (exact) mass is 462 g/mol. The van der Waals surface area contributed by atoms with Gasteiger partial charge in [0, 0.05) is 24.0 Å². The van der Waals surface area contributed by atoms with Crippen molar-refractivity contribution in [3.63, 3.8) is 0 Å². The van der Waals surface area contributed by atoms with Gasteiger partial charge in [0.25, 0.3) is 5.91 Å². The molecule has 1 N–H and O–H groups in total. The number of methoxy groups -OCH3 is 1. The van der Waals surface area contributed by atoms with Gasteiger partial charge in [-0.25, -0.2) is 4.79 Å². The number of ether oxygens (including phenoxy) is 2. The number of imide groups is 1. The Labute approximate surface area is 194 Å². The second kappa shape index (κ2) is 8.02. The highest BCUT2D eigenvalue weighted by Crippen LogP contribution is 2.39. The van der Waals surface area contributed by atoms with Crippen molar-refractivity contribution >= 4 is 34.7 Å². The molecule has 0 bridgehead atoms. The van der Waals surface area contributed by atoms with E-state index < -0.39 is 23.2 Å². The molecular weight excluding hydrogens is 440 g/mol. The molecule has 1 saturated heterocycles. The van der Waals surface area contributed by atoms with Crippen LogP contribution in [0.2, 0.25) is 0 Å². The first kappa shape index (κ1) is 21.7. The highest BCUT2D eigenvalue weighted by atomic mass is 16.5. The quantitative estimate of drug-likeness (QED) is 0.442. The number of carbonyl (C=O) groups is 4. The van der Waals surface area contributed by atoms with Crippen LogP contribution in [0, 0.1) is 0 Å². The fraction of sp³-hybridized carbons (Fsp3) is 0.280. The van der Waals surface area contributed by atoms with Crippen molar-refractivity contribution in [2.45, 2.75) is 25.3 Å². The first-order valence-corrected chi connectivity index (χ1v) is 10.9. The van der Waals surface area contributed by atoms with Crippen LogP contribution in [0.4, 0.5) is 0 Å². The van der Waals surface area contributed by atoms with Crippen molar-refractivity contribution in [3.8, 4) is 5.75 Å². The lowest BCUT2D eigenvalue weighted by molar-refractivity contribution is -0.127. The van der Waals surface area contributed by atoms with Gasteiger partial charge < -0.3 is 18.8 Å². The Kier molecular flexibility index (Phi) is 5.11. The highest BCUT2D eigenvalue weighted by Gasteiger charge is 2.53. The van der Waals surface area contributed by atoms with Gasteiger partial charge in [0.1, 0.15) is 22.5 Å². The largest absolute Gasteiger partial charge is 0.497 e. The number of benzene rings is 2. The number of fused-ring (bicyclic) bond motifs is 2. The number of nitrogens with one attached hydrogen (secondary N) is 1. The molecule has 3 aromatic rings. The van der Waals surface area contributed by atoms with Crippen LogP contribution in [0.15, 0.2) is 46.9 Å². The van der Waals surface area contributed by atoms with Crippen LogP contribution >= 0.6 is 0 Å². The molecule has 1 aromatic heterocycles. The number of hydrogen-bond acceptors (Lipinski definition) is 7. The maximum Gasteiger partial charge on any atom is 0.338 e. The minimum absolute atomic E-state index is 0.0367. The summed E-state index contributed by atoms with van der Waals surface area (Å²) in [6.45, 7) is 2.22. The van der Waals surface area contributed by atoms with Crippen molar-refractivity contribution in [2.24, 2.45) is 0 Å². The van der Waals surface area contributed by atoms with Gasteiger partial charge in [-0.3, -0.25) is 19.7 Å². The summed E-state index contributed by atoms with van der Waals surface area (Å²) < 4.78 is 16.3. The van der Waals surface area contributed by atoms with Gasteiger partial charge in [-0.2, -0.15) is 0 Å². The van der Waals surface area contributed by atoms with E-state index in [0.717, 1.165) is 5.56 Å². The minimum atomic E-state index is -1.39. The second-order valence-corrected chi connectivity index (χ2v) is 8.40. The van der Waals surface area contributed by atoms with Crippen molar-refractivity contribution < 1.29 is 33.1 Å². The summed E-state index contributed by atoms with van der Waals surface area (Å²) in [6, 6.07) is 11.8. The Balaban J connectivity index is 1.52. The molecular formula is C25H22N2O7. The number of carbonyl (C=O) groups excluding carboxylic acids is 4. The van der Waals surface area contributed by atoms with E-state index in [1.807, 2.05) is 6.07 Å². The average Bonchev–Trinajstić information content (AvgIpc) is 3.47. The molecule has 0 saturated carbocycles. The maximum absolute atomic E-state index is 13.1. The third-order valence-corrected chi connectivity index (χ3v) is 6.31. The standard InChI is InChI=1S/C25H22N2O7/c1-3-33-23(30)15-5-4-14-9-20(34-19(14)8-15)25(11-21(28)26-24(25)31)13-27-12-16-6-7-17(32-2)10-18(16)22(27)29/h4-10H,3,11-13H2,1-2H3,(H,26,28,31)/t25-/m1/s1. The summed E-state index contributed by atoms with van der Waals surface area (Å²) in [5.41, 5.74) is 0.627. The smallest absolute Gasteiger partial charge is 0.338 e. The summed E-state index contributed by atoms with van der Waals surface area (Å²) in [7, 11) is 1.53. The van der Waals surface area contributed by atoms with E-state index in [1.165, 1.54) is 7.11 Å². The average molecular weight is 462 g/mol. The number of nitrogens with zero attached hydrogens (tertiary/aromatic N) is 1. The van der Waals surface area contributed by atoms with Gasteiger partial charge in [-0.05, 0) is 42.8 Å². The molecule has 9 nitrogen and oxygen atoms in total. The minimum Gasteiger partial charge on any atom is -0.497 e. The number of furan rings is 1. The molecule has 0 spiro atoms. The predicted octanol–water partition coefficient (Wildman–Crippen LogP) is 2.56.